The summed E-state index contributed by atoms with van der Waals surface area (Å²) in [5.74, 6) is 2.19. The Balaban J connectivity index is 1.61. The van der Waals surface area contributed by atoms with Crippen LogP contribution in [0.2, 0.25) is 0 Å². The van der Waals surface area contributed by atoms with E-state index in [1.165, 1.54) is 12.2 Å². The molecule has 0 radical (unpaired) electrons. The van der Waals surface area contributed by atoms with Crippen molar-refractivity contribution in [3.8, 4) is 34.5 Å². The van der Waals surface area contributed by atoms with E-state index < -0.39 is 11.9 Å². The molecule has 0 spiro atoms. The Labute approximate surface area is 305 Å². The van der Waals surface area contributed by atoms with Crippen LogP contribution in [0.4, 0.5) is 0 Å². The third kappa shape index (κ3) is 11.6. The van der Waals surface area contributed by atoms with Crippen LogP contribution in [0.1, 0.15) is 22.3 Å². The Kier molecular flexibility index (Phi) is 15.0. The van der Waals surface area contributed by atoms with Crippen LogP contribution in [0.25, 0.3) is 12.2 Å². The Bertz CT molecular complexity index is 1660. The van der Waals surface area contributed by atoms with E-state index in [-0.39, 0.29) is 25.0 Å². The van der Waals surface area contributed by atoms with Crippen LogP contribution in [0, 0.1) is 11.8 Å². The first-order valence-electron chi connectivity index (χ1n) is 16.7. The molecule has 0 saturated carbocycles. The van der Waals surface area contributed by atoms with Gasteiger partial charge in [0.15, 0.2) is 23.0 Å². The molecule has 4 aromatic rings. The van der Waals surface area contributed by atoms with Crippen molar-refractivity contribution in [2.45, 2.75) is 12.8 Å². The van der Waals surface area contributed by atoms with Crippen LogP contribution in [0.15, 0.2) is 97.1 Å². The van der Waals surface area contributed by atoms with Crippen LogP contribution in [-0.2, 0) is 31.9 Å². The quantitative estimate of drug-likeness (QED) is 0.0729. The molecule has 4 aromatic carbocycles. The summed E-state index contributed by atoms with van der Waals surface area (Å²) in [6.07, 6.45) is 7.11. The number of hydrogen-bond donors (Lipinski definition) is 0. The highest BCUT2D eigenvalue weighted by Gasteiger charge is 2.26. The predicted octanol–water partition coefficient (Wildman–Crippen LogP) is 7.27. The zero-order valence-electron chi connectivity index (χ0n) is 30.5. The van der Waals surface area contributed by atoms with Gasteiger partial charge in [-0.2, -0.15) is 0 Å². The lowest BCUT2D eigenvalue weighted by Gasteiger charge is -2.27. The van der Waals surface area contributed by atoms with Crippen molar-refractivity contribution in [2.75, 3.05) is 55.9 Å². The zero-order chi connectivity index (χ0) is 37.3. The molecule has 52 heavy (non-hydrogen) atoms. The topological polar surface area (TPSA) is 108 Å². The molecule has 2 atom stereocenters. The molecular formula is C42H46O10. The maximum Gasteiger partial charge on any atom is 0.330 e. The third-order valence-corrected chi connectivity index (χ3v) is 8.49. The van der Waals surface area contributed by atoms with E-state index in [1.54, 1.807) is 54.8 Å². The lowest BCUT2D eigenvalue weighted by Crippen LogP contribution is -2.30. The van der Waals surface area contributed by atoms with Crippen molar-refractivity contribution < 1.29 is 47.5 Å². The van der Waals surface area contributed by atoms with E-state index in [2.05, 4.69) is 0 Å². The highest BCUT2D eigenvalue weighted by molar-refractivity contribution is 5.87. The predicted molar refractivity (Wildman–Crippen MR) is 199 cm³/mol. The van der Waals surface area contributed by atoms with Crippen molar-refractivity contribution >= 4 is 24.1 Å². The Morgan fingerprint density at radius 3 is 1.17 bits per heavy atom. The minimum absolute atomic E-state index is 0.0529. The summed E-state index contributed by atoms with van der Waals surface area (Å²) in [6.45, 7) is 0.106. The maximum atomic E-state index is 13.0. The second kappa shape index (κ2) is 20.1. The standard InChI is InChI=1S/C42H46O10/c1-45-35-15-7-29(8-16-35)13-21-41(43)51-27-33(23-31-11-19-37(47-3)39(25-31)49-5)34(24-32-12-20-38(48-4)40(26-32)50-6)28-52-42(44)22-14-30-9-17-36(46-2)18-10-30/h7-22,25-26,33-34H,23-24,27-28H2,1-6H3. The third-order valence-electron chi connectivity index (χ3n) is 8.49. The number of benzene rings is 4. The average Bonchev–Trinajstić information content (AvgIpc) is 3.19. The van der Waals surface area contributed by atoms with Gasteiger partial charge < -0.3 is 37.9 Å². The molecule has 2 unspecified atom stereocenters. The normalized spacial score (nSPS) is 12.2. The molecule has 0 fully saturated rings. The average molecular weight is 711 g/mol. The van der Waals surface area contributed by atoms with Gasteiger partial charge in [-0.1, -0.05) is 36.4 Å². The number of hydrogen-bond acceptors (Lipinski definition) is 10. The highest BCUT2D eigenvalue weighted by atomic mass is 16.5. The van der Waals surface area contributed by atoms with E-state index in [1.807, 2.05) is 84.9 Å². The Morgan fingerprint density at radius 2 is 0.846 bits per heavy atom. The van der Waals surface area contributed by atoms with Crippen molar-refractivity contribution in [1.29, 1.82) is 0 Å². The van der Waals surface area contributed by atoms with E-state index in [4.69, 9.17) is 37.9 Å². The molecule has 0 N–H and O–H groups in total. The summed E-state index contributed by atoms with van der Waals surface area (Å²) in [7, 11) is 9.51. The van der Waals surface area contributed by atoms with E-state index in [9.17, 15) is 9.59 Å². The Morgan fingerprint density at radius 1 is 0.481 bits per heavy atom. The fourth-order valence-electron chi connectivity index (χ4n) is 5.58. The first kappa shape index (κ1) is 38.9. The molecule has 0 heterocycles. The fourth-order valence-corrected chi connectivity index (χ4v) is 5.58. The van der Waals surface area contributed by atoms with Crippen LogP contribution in [0.3, 0.4) is 0 Å². The SMILES string of the molecule is COc1ccc(C=CC(=O)OCC(Cc2ccc(OC)c(OC)c2)C(COC(=O)C=Cc2ccc(OC)cc2)Cc2ccc(OC)c(OC)c2)cc1. The summed E-state index contributed by atoms with van der Waals surface area (Å²) in [4.78, 5) is 26.1. The summed E-state index contributed by atoms with van der Waals surface area (Å²) < 4.78 is 44.2. The van der Waals surface area contributed by atoms with Gasteiger partial charge >= 0.3 is 11.9 Å². The molecule has 0 amide bonds. The number of methoxy groups -OCH3 is 6. The molecule has 4 rings (SSSR count). The van der Waals surface area contributed by atoms with Crippen LogP contribution in [0.5, 0.6) is 34.5 Å². The smallest absolute Gasteiger partial charge is 0.330 e. The van der Waals surface area contributed by atoms with Gasteiger partial charge in [-0.15, -0.1) is 0 Å². The highest BCUT2D eigenvalue weighted by Crippen LogP contribution is 2.33. The second-order valence-corrected chi connectivity index (χ2v) is 11.8. The van der Waals surface area contributed by atoms with E-state index in [0.717, 1.165) is 33.8 Å². The molecule has 274 valence electrons. The monoisotopic (exact) mass is 710 g/mol. The van der Waals surface area contributed by atoms with Gasteiger partial charge in [-0.05, 0) is 95.8 Å². The number of rotatable bonds is 19. The van der Waals surface area contributed by atoms with Gasteiger partial charge in [0.05, 0.1) is 55.9 Å². The van der Waals surface area contributed by atoms with Crippen LogP contribution >= 0.6 is 0 Å². The second-order valence-electron chi connectivity index (χ2n) is 11.8. The zero-order valence-corrected chi connectivity index (χ0v) is 30.5. The Hall–Kier alpha value is -5.90. The molecular weight excluding hydrogens is 664 g/mol. The van der Waals surface area contributed by atoms with Gasteiger partial charge in [-0.3, -0.25) is 0 Å². The molecule has 10 heteroatoms. The maximum absolute atomic E-state index is 13.0. The molecule has 10 nitrogen and oxygen atoms in total. The molecule has 0 bridgehead atoms. The lowest BCUT2D eigenvalue weighted by atomic mass is 9.83. The first-order chi connectivity index (χ1) is 25.3. The van der Waals surface area contributed by atoms with Gasteiger partial charge in [0.25, 0.3) is 0 Å². The van der Waals surface area contributed by atoms with Gasteiger partial charge in [0, 0.05) is 24.0 Å². The van der Waals surface area contributed by atoms with Crippen molar-refractivity contribution in [3.63, 3.8) is 0 Å². The van der Waals surface area contributed by atoms with Crippen molar-refractivity contribution in [3.05, 3.63) is 119 Å². The largest absolute Gasteiger partial charge is 0.497 e. The van der Waals surface area contributed by atoms with Crippen molar-refractivity contribution in [1.82, 2.24) is 0 Å². The molecule has 0 aliphatic heterocycles. The number of carbonyl (C=O) groups is 2. The molecule has 0 saturated heterocycles. The minimum Gasteiger partial charge on any atom is -0.497 e. The van der Waals surface area contributed by atoms with Gasteiger partial charge in [-0.25, -0.2) is 9.59 Å². The summed E-state index contributed by atoms with van der Waals surface area (Å²) in [5.41, 5.74) is 3.49. The summed E-state index contributed by atoms with van der Waals surface area (Å²) >= 11 is 0. The number of esters is 2. The molecule has 0 aromatic heterocycles. The van der Waals surface area contributed by atoms with Gasteiger partial charge in [0.1, 0.15) is 11.5 Å². The van der Waals surface area contributed by atoms with Gasteiger partial charge in [0.2, 0.25) is 0 Å². The number of carbonyl (C=O) groups excluding carboxylic acids is 2. The summed E-state index contributed by atoms with van der Waals surface area (Å²) in [6, 6.07) is 26.0. The fraction of sp³-hybridized carbons (Fsp3) is 0.286. The van der Waals surface area contributed by atoms with E-state index >= 15 is 0 Å². The van der Waals surface area contributed by atoms with Crippen LogP contribution < -0.4 is 28.4 Å². The van der Waals surface area contributed by atoms with Crippen LogP contribution in [-0.4, -0.2) is 67.8 Å². The molecule has 0 aliphatic rings. The van der Waals surface area contributed by atoms with Crippen molar-refractivity contribution in [2.24, 2.45) is 11.8 Å². The molecule has 0 aliphatic carbocycles. The first-order valence-corrected chi connectivity index (χ1v) is 16.7. The van der Waals surface area contributed by atoms with E-state index in [0.29, 0.717) is 35.8 Å². The summed E-state index contributed by atoms with van der Waals surface area (Å²) in [5, 5.41) is 0. The number of ether oxygens (including phenoxy) is 8. The lowest BCUT2D eigenvalue weighted by molar-refractivity contribution is -0.143. The minimum atomic E-state index is -0.502.